The Bertz CT molecular complexity index is 740. The van der Waals surface area contributed by atoms with Crippen molar-refractivity contribution in [2.75, 3.05) is 0 Å². The van der Waals surface area contributed by atoms with Gasteiger partial charge in [0.05, 0.1) is 5.56 Å². The van der Waals surface area contributed by atoms with Crippen LogP contribution in [0.5, 0.6) is 0 Å². The summed E-state index contributed by atoms with van der Waals surface area (Å²) in [5.41, 5.74) is 2.83. The van der Waals surface area contributed by atoms with Crippen molar-refractivity contribution in [2.24, 2.45) is 0 Å². The molecule has 0 aliphatic carbocycles. The van der Waals surface area contributed by atoms with Gasteiger partial charge in [-0.25, -0.2) is 9.78 Å². The molecule has 23 heavy (non-hydrogen) atoms. The van der Waals surface area contributed by atoms with Crippen molar-refractivity contribution in [1.29, 1.82) is 0 Å². The molecule has 0 bridgehead atoms. The summed E-state index contributed by atoms with van der Waals surface area (Å²) in [6.07, 6.45) is 3.07. The maximum atomic E-state index is 12.8. The van der Waals surface area contributed by atoms with Crippen LogP contribution >= 0.6 is 0 Å². The fraction of sp³-hybridized carbons (Fsp3) is 0.278. The molecule has 5 heteroatoms. The smallest absolute Gasteiger partial charge is 0.354 e. The molecule has 1 N–H and O–H groups in total. The number of amides is 1. The molecule has 118 valence electrons. The Kier molecular flexibility index (Phi) is 4.10. The molecule has 0 fully saturated rings. The molecule has 0 saturated heterocycles. The number of benzene rings is 1. The largest absolute Gasteiger partial charge is 0.477 e. The van der Waals surface area contributed by atoms with E-state index >= 15 is 0 Å². The first-order valence-electron chi connectivity index (χ1n) is 7.67. The number of hydrogen-bond acceptors (Lipinski definition) is 3. The Morgan fingerprint density at radius 2 is 1.96 bits per heavy atom. The van der Waals surface area contributed by atoms with Crippen LogP contribution in [0.15, 0.2) is 42.6 Å². The molecule has 2 aromatic rings. The van der Waals surface area contributed by atoms with Crippen LogP contribution in [0.3, 0.4) is 0 Å². The van der Waals surface area contributed by atoms with Gasteiger partial charge >= 0.3 is 5.97 Å². The number of aromatic nitrogens is 1. The van der Waals surface area contributed by atoms with Crippen LogP contribution in [-0.4, -0.2) is 32.9 Å². The maximum Gasteiger partial charge on any atom is 0.354 e. The second-order valence-electron chi connectivity index (χ2n) is 5.71. The average Bonchev–Trinajstić information content (AvgIpc) is 2.60. The van der Waals surface area contributed by atoms with E-state index in [0.717, 1.165) is 12.8 Å². The zero-order valence-electron chi connectivity index (χ0n) is 12.9. The Morgan fingerprint density at radius 1 is 1.22 bits per heavy atom. The molecule has 3 rings (SSSR count). The summed E-state index contributed by atoms with van der Waals surface area (Å²) in [5.74, 6) is -1.20. The predicted octanol–water partition coefficient (Wildman–Crippen LogP) is 2.76. The van der Waals surface area contributed by atoms with Crippen molar-refractivity contribution in [3.05, 3.63) is 65.0 Å². The molecule has 1 atom stereocenters. The van der Waals surface area contributed by atoms with Crippen LogP contribution in [0.4, 0.5) is 0 Å². The Morgan fingerprint density at radius 3 is 2.57 bits per heavy atom. The van der Waals surface area contributed by atoms with E-state index in [-0.39, 0.29) is 17.6 Å². The van der Waals surface area contributed by atoms with Gasteiger partial charge in [-0.15, -0.1) is 0 Å². The first-order valence-corrected chi connectivity index (χ1v) is 7.67. The Hall–Kier alpha value is -2.69. The van der Waals surface area contributed by atoms with Gasteiger partial charge in [-0.3, -0.25) is 4.79 Å². The molecule has 1 amide bonds. The molecule has 2 heterocycles. The monoisotopic (exact) mass is 310 g/mol. The third-order valence-electron chi connectivity index (χ3n) is 4.32. The third kappa shape index (κ3) is 2.95. The predicted molar refractivity (Wildman–Crippen MR) is 85.3 cm³/mol. The van der Waals surface area contributed by atoms with Gasteiger partial charge in [0, 0.05) is 18.8 Å². The van der Waals surface area contributed by atoms with Crippen molar-refractivity contribution in [3.8, 4) is 0 Å². The highest BCUT2D eigenvalue weighted by molar-refractivity contribution is 5.95. The molecule has 1 aliphatic heterocycles. The Labute approximate surface area is 134 Å². The summed E-state index contributed by atoms with van der Waals surface area (Å²) in [7, 11) is 0. The summed E-state index contributed by atoms with van der Waals surface area (Å²) < 4.78 is 0. The van der Waals surface area contributed by atoms with Gasteiger partial charge in [-0.1, -0.05) is 31.2 Å². The molecule has 1 unspecified atom stereocenters. The molecular formula is C18H18N2O3. The number of rotatable bonds is 3. The van der Waals surface area contributed by atoms with E-state index in [2.05, 4.69) is 18.0 Å². The van der Waals surface area contributed by atoms with Crippen LogP contribution in [0.2, 0.25) is 0 Å². The fourth-order valence-corrected chi connectivity index (χ4v) is 3.00. The summed E-state index contributed by atoms with van der Waals surface area (Å²) in [6, 6.07) is 11.2. The topological polar surface area (TPSA) is 70.5 Å². The SMILES string of the molecule is CCC1Cc2ccccc2CN1C(=O)c1ccc(C(=O)O)nc1. The zero-order chi connectivity index (χ0) is 16.4. The molecular weight excluding hydrogens is 292 g/mol. The summed E-state index contributed by atoms with van der Waals surface area (Å²) in [4.78, 5) is 29.4. The minimum Gasteiger partial charge on any atom is -0.477 e. The summed E-state index contributed by atoms with van der Waals surface area (Å²) >= 11 is 0. The zero-order valence-corrected chi connectivity index (χ0v) is 12.9. The quantitative estimate of drug-likeness (QED) is 0.946. The highest BCUT2D eigenvalue weighted by atomic mass is 16.4. The number of aromatic carboxylic acids is 1. The number of fused-ring (bicyclic) bond motifs is 1. The lowest BCUT2D eigenvalue weighted by Gasteiger charge is -2.36. The van der Waals surface area contributed by atoms with Crippen molar-refractivity contribution >= 4 is 11.9 Å². The van der Waals surface area contributed by atoms with Crippen molar-refractivity contribution in [2.45, 2.75) is 32.4 Å². The number of hydrogen-bond donors (Lipinski definition) is 1. The van der Waals surface area contributed by atoms with Crippen molar-refractivity contribution in [3.63, 3.8) is 0 Å². The Balaban J connectivity index is 1.87. The van der Waals surface area contributed by atoms with Gasteiger partial charge < -0.3 is 10.0 Å². The number of carboxylic acid groups (broad SMARTS) is 1. The van der Waals surface area contributed by atoms with E-state index in [1.165, 1.54) is 29.5 Å². The number of nitrogens with zero attached hydrogens (tertiary/aromatic N) is 2. The molecule has 1 aliphatic rings. The van der Waals surface area contributed by atoms with Gasteiger partial charge in [0.25, 0.3) is 5.91 Å². The van der Waals surface area contributed by atoms with E-state index in [1.807, 2.05) is 23.1 Å². The highest BCUT2D eigenvalue weighted by Crippen LogP contribution is 2.26. The number of carboxylic acids is 1. The van der Waals surface area contributed by atoms with Gasteiger partial charge in [-0.05, 0) is 36.1 Å². The second-order valence-corrected chi connectivity index (χ2v) is 5.71. The van der Waals surface area contributed by atoms with Crippen LogP contribution < -0.4 is 0 Å². The molecule has 1 aromatic heterocycles. The van der Waals surface area contributed by atoms with E-state index in [9.17, 15) is 9.59 Å². The van der Waals surface area contributed by atoms with Crippen molar-refractivity contribution < 1.29 is 14.7 Å². The maximum absolute atomic E-state index is 12.8. The molecule has 0 radical (unpaired) electrons. The minimum atomic E-state index is -1.10. The number of pyridine rings is 1. The second kappa shape index (κ2) is 6.20. The number of carbonyl (C=O) groups is 2. The molecule has 0 saturated carbocycles. The van der Waals surface area contributed by atoms with E-state index in [4.69, 9.17) is 5.11 Å². The lowest BCUT2D eigenvalue weighted by molar-refractivity contribution is 0.0630. The lowest BCUT2D eigenvalue weighted by atomic mass is 9.92. The molecule has 1 aromatic carbocycles. The minimum absolute atomic E-state index is 0.0578. The third-order valence-corrected chi connectivity index (χ3v) is 4.32. The van der Waals surface area contributed by atoms with Crippen LogP contribution in [0.25, 0.3) is 0 Å². The molecule has 0 spiro atoms. The van der Waals surface area contributed by atoms with Crippen LogP contribution in [-0.2, 0) is 13.0 Å². The normalized spacial score (nSPS) is 16.7. The lowest BCUT2D eigenvalue weighted by Crippen LogP contribution is -2.44. The van der Waals surface area contributed by atoms with E-state index in [0.29, 0.717) is 12.1 Å². The first-order chi connectivity index (χ1) is 11.1. The van der Waals surface area contributed by atoms with E-state index < -0.39 is 5.97 Å². The fourth-order valence-electron chi connectivity index (χ4n) is 3.00. The summed E-state index contributed by atoms with van der Waals surface area (Å²) in [6.45, 7) is 2.65. The van der Waals surface area contributed by atoms with Crippen LogP contribution in [0.1, 0.15) is 45.3 Å². The average molecular weight is 310 g/mol. The van der Waals surface area contributed by atoms with Gasteiger partial charge in [-0.2, -0.15) is 0 Å². The van der Waals surface area contributed by atoms with E-state index in [1.54, 1.807) is 0 Å². The summed E-state index contributed by atoms with van der Waals surface area (Å²) in [5, 5.41) is 8.89. The van der Waals surface area contributed by atoms with Gasteiger partial charge in [0.2, 0.25) is 0 Å². The van der Waals surface area contributed by atoms with Crippen LogP contribution in [0, 0.1) is 0 Å². The molecule has 5 nitrogen and oxygen atoms in total. The van der Waals surface area contributed by atoms with Crippen molar-refractivity contribution in [1.82, 2.24) is 9.88 Å². The highest BCUT2D eigenvalue weighted by Gasteiger charge is 2.29. The van der Waals surface area contributed by atoms with Gasteiger partial charge in [0.1, 0.15) is 5.69 Å². The standard InChI is InChI=1S/C18H18N2O3/c1-2-15-9-12-5-3-4-6-14(12)11-20(15)17(21)13-7-8-16(18(22)23)19-10-13/h3-8,10,15H,2,9,11H2,1H3,(H,22,23). The van der Waals surface area contributed by atoms with Gasteiger partial charge in [0.15, 0.2) is 0 Å². The number of carbonyl (C=O) groups excluding carboxylic acids is 1. The first kappa shape index (κ1) is 15.2.